The molecule has 0 aliphatic rings. The van der Waals surface area contributed by atoms with Crippen LogP contribution in [0.25, 0.3) is 0 Å². The van der Waals surface area contributed by atoms with E-state index in [0.29, 0.717) is 23.5 Å². The number of pyridine rings is 1. The first kappa shape index (κ1) is 13.9. The summed E-state index contributed by atoms with van der Waals surface area (Å²) >= 11 is 0. The van der Waals surface area contributed by atoms with E-state index in [0.717, 1.165) is 0 Å². The van der Waals surface area contributed by atoms with Crippen LogP contribution in [0.5, 0.6) is 0 Å². The lowest BCUT2D eigenvalue weighted by Crippen LogP contribution is -2.30. The Hall–Kier alpha value is -2.49. The van der Waals surface area contributed by atoms with Crippen LogP contribution in [-0.2, 0) is 4.79 Å². The van der Waals surface area contributed by atoms with Gasteiger partial charge in [-0.25, -0.2) is 4.98 Å². The van der Waals surface area contributed by atoms with Crippen molar-refractivity contribution in [3.05, 3.63) is 59.8 Å². The molecule has 0 N–H and O–H groups in total. The van der Waals surface area contributed by atoms with Crippen molar-refractivity contribution >= 4 is 17.5 Å². The molecule has 0 saturated carbocycles. The predicted molar refractivity (Wildman–Crippen MR) is 77.8 cm³/mol. The fourth-order valence-corrected chi connectivity index (χ4v) is 2.06. The molecule has 2 rings (SSSR count). The highest BCUT2D eigenvalue weighted by atomic mass is 16.2. The van der Waals surface area contributed by atoms with Gasteiger partial charge in [0.1, 0.15) is 5.82 Å². The predicted octanol–water partition coefficient (Wildman–Crippen LogP) is 2.69. The third-order valence-electron chi connectivity index (χ3n) is 3.02. The summed E-state index contributed by atoms with van der Waals surface area (Å²) in [5.41, 5.74) is 1.03. The number of benzene rings is 1. The zero-order valence-electron chi connectivity index (χ0n) is 11.5. The number of ketones is 1. The smallest absolute Gasteiger partial charge is 0.225 e. The second-order valence-electron chi connectivity index (χ2n) is 4.33. The van der Waals surface area contributed by atoms with E-state index in [-0.39, 0.29) is 11.7 Å². The molecule has 1 aromatic heterocycles. The fraction of sp³-hybridized carbons (Fsp3) is 0.188. The summed E-state index contributed by atoms with van der Waals surface area (Å²) in [6.45, 7) is 3.79. The molecule has 0 unspecified atom stereocenters. The largest absolute Gasteiger partial charge is 0.297 e. The zero-order chi connectivity index (χ0) is 14.5. The molecular formula is C16H16N2O2. The van der Waals surface area contributed by atoms with Crippen LogP contribution in [-0.4, -0.2) is 23.2 Å². The van der Waals surface area contributed by atoms with Crippen molar-refractivity contribution in [3.63, 3.8) is 0 Å². The van der Waals surface area contributed by atoms with E-state index in [1.165, 1.54) is 11.8 Å². The van der Waals surface area contributed by atoms with Crippen LogP contribution < -0.4 is 4.90 Å². The van der Waals surface area contributed by atoms with Gasteiger partial charge in [0.05, 0.1) is 5.56 Å². The maximum atomic E-state index is 12.5. The van der Waals surface area contributed by atoms with E-state index in [9.17, 15) is 9.59 Å². The van der Waals surface area contributed by atoms with Gasteiger partial charge < -0.3 is 0 Å². The Labute approximate surface area is 118 Å². The number of aromatic nitrogens is 1. The van der Waals surface area contributed by atoms with E-state index in [1.54, 1.807) is 30.5 Å². The van der Waals surface area contributed by atoms with Crippen LogP contribution in [0.15, 0.2) is 48.7 Å². The molecule has 0 atom stereocenters. The Morgan fingerprint density at radius 2 is 1.80 bits per heavy atom. The monoisotopic (exact) mass is 268 g/mol. The average Bonchev–Trinajstić information content (AvgIpc) is 2.48. The summed E-state index contributed by atoms with van der Waals surface area (Å²) in [5, 5.41) is 0. The van der Waals surface area contributed by atoms with Crippen LogP contribution in [0.4, 0.5) is 5.82 Å². The second-order valence-corrected chi connectivity index (χ2v) is 4.33. The summed E-state index contributed by atoms with van der Waals surface area (Å²) < 4.78 is 0. The molecule has 1 heterocycles. The lowest BCUT2D eigenvalue weighted by atomic mass is 10.0. The van der Waals surface area contributed by atoms with Gasteiger partial charge in [0.2, 0.25) is 5.91 Å². The third kappa shape index (κ3) is 2.74. The molecule has 0 saturated heterocycles. The summed E-state index contributed by atoms with van der Waals surface area (Å²) in [4.78, 5) is 29.9. The fourth-order valence-electron chi connectivity index (χ4n) is 2.06. The van der Waals surface area contributed by atoms with Crippen LogP contribution in [0.2, 0.25) is 0 Å². The molecule has 0 aliphatic heterocycles. The number of rotatable bonds is 4. The molecule has 2 aromatic rings. The zero-order valence-corrected chi connectivity index (χ0v) is 11.5. The lowest BCUT2D eigenvalue weighted by molar-refractivity contribution is -0.116. The molecule has 4 nitrogen and oxygen atoms in total. The molecule has 4 heteroatoms. The highest BCUT2D eigenvalue weighted by molar-refractivity contribution is 6.13. The van der Waals surface area contributed by atoms with Gasteiger partial charge in [0, 0.05) is 25.2 Å². The maximum absolute atomic E-state index is 12.5. The van der Waals surface area contributed by atoms with Gasteiger partial charge in [-0.1, -0.05) is 30.3 Å². The number of carbonyl (C=O) groups excluding carboxylic acids is 2. The summed E-state index contributed by atoms with van der Waals surface area (Å²) in [5.74, 6) is 0.151. The average molecular weight is 268 g/mol. The SMILES string of the molecule is CCN(C(C)=O)c1ncccc1C(=O)c1ccccc1. The quantitative estimate of drug-likeness (QED) is 0.801. The lowest BCUT2D eigenvalue weighted by Gasteiger charge is -2.20. The van der Waals surface area contributed by atoms with Crippen molar-refractivity contribution in [1.29, 1.82) is 0 Å². The van der Waals surface area contributed by atoms with Crippen LogP contribution >= 0.6 is 0 Å². The Morgan fingerprint density at radius 3 is 2.40 bits per heavy atom. The number of hydrogen-bond acceptors (Lipinski definition) is 3. The molecule has 0 fully saturated rings. The van der Waals surface area contributed by atoms with E-state index in [2.05, 4.69) is 4.98 Å². The Morgan fingerprint density at radius 1 is 1.10 bits per heavy atom. The van der Waals surface area contributed by atoms with Crippen LogP contribution in [0.3, 0.4) is 0 Å². The van der Waals surface area contributed by atoms with E-state index >= 15 is 0 Å². The molecule has 0 radical (unpaired) electrons. The van der Waals surface area contributed by atoms with Crippen molar-refractivity contribution in [2.75, 3.05) is 11.4 Å². The number of hydrogen-bond donors (Lipinski definition) is 0. The molecule has 102 valence electrons. The molecule has 0 spiro atoms. The first-order valence-electron chi connectivity index (χ1n) is 6.48. The topological polar surface area (TPSA) is 50.3 Å². The van der Waals surface area contributed by atoms with Crippen molar-refractivity contribution in [1.82, 2.24) is 4.98 Å². The van der Waals surface area contributed by atoms with Gasteiger partial charge in [-0.05, 0) is 19.1 Å². The van der Waals surface area contributed by atoms with E-state index < -0.39 is 0 Å². The molecule has 1 amide bonds. The van der Waals surface area contributed by atoms with E-state index in [1.807, 2.05) is 25.1 Å². The summed E-state index contributed by atoms with van der Waals surface area (Å²) in [6.07, 6.45) is 1.59. The molecular weight excluding hydrogens is 252 g/mol. The van der Waals surface area contributed by atoms with Crippen LogP contribution in [0, 0.1) is 0 Å². The Balaban J connectivity index is 2.48. The third-order valence-corrected chi connectivity index (χ3v) is 3.02. The highest BCUT2D eigenvalue weighted by Crippen LogP contribution is 2.20. The normalized spacial score (nSPS) is 10.1. The van der Waals surface area contributed by atoms with Crippen LogP contribution in [0.1, 0.15) is 29.8 Å². The van der Waals surface area contributed by atoms with Gasteiger partial charge in [-0.2, -0.15) is 0 Å². The number of amides is 1. The summed E-state index contributed by atoms with van der Waals surface area (Å²) in [6, 6.07) is 12.4. The number of anilines is 1. The molecule has 0 bridgehead atoms. The second kappa shape index (κ2) is 6.10. The number of carbonyl (C=O) groups is 2. The van der Waals surface area contributed by atoms with Gasteiger partial charge in [-0.3, -0.25) is 14.5 Å². The highest BCUT2D eigenvalue weighted by Gasteiger charge is 2.20. The number of nitrogens with zero attached hydrogens (tertiary/aromatic N) is 2. The molecule has 1 aromatic carbocycles. The van der Waals surface area contributed by atoms with Gasteiger partial charge in [0.15, 0.2) is 5.78 Å². The van der Waals surface area contributed by atoms with E-state index in [4.69, 9.17) is 0 Å². The standard InChI is InChI=1S/C16H16N2O2/c1-3-18(12(2)19)16-14(10-7-11-17-16)15(20)13-8-5-4-6-9-13/h4-11H,3H2,1-2H3. The van der Waals surface area contributed by atoms with Crippen molar-refractivity contribution in [3.8, 4) is 0 Å². The van der Waals surface area contributed by atoms with Crippen molar-refractivity contribution in [2.24, 2.45) is 0 Å². The van der Waals surface area contributed by atoms with Crippen molar-refractivity contribution < 1.29 is 9.59 Å². The summed E-state index contributed by atoms with van der Waals surface area (Å²) in [7, 11) is 0. The maximum Gasteiger partial charge on any atom is 0.225 e. The Kier molecular flexibility index (Phi) is 4.25. The first-order chi connectivity index (χ1) is 9.65. The Bertz CT molecular complexity index is 623. The van der Waals surface area contributed by atoms with Gasteiger partial charge in [-0.15, -0.1) is 0 Å². The minimum absolute atomic E-state index is 0.131. The van der Waals surface area contributed by atoms with Gasteiger partial charge in [0.25, 0.3) is 0 Å². The first-order valence-corrected chi connectivity index (χ1v) is 6.48. The molecule has 20 heavy (non-hydrogen) atoms. The molecule has 0 aliphatic carbocycles. The van der Waals surface area contributed by atoms with Crippen molar-refractivity contribution in [2.45, 2.75) is 13.8 Å². The minimum Gasteiger partial charge on any atom is -0.297 e. The minimum atomic E-state index is -0.131. The van der Waals surface area contributed by atoms with Gasteiger partial charge >= 0.3 is 0 Å².